The van der Waals surface area contributed by atoms with Crippen LogP contribution in [0, 0.1) is 0 Å². The molecular weight excluding hydrogens is 582 g/mol. The van der Waals surface area contributed by atoms with Crippen LogP contribution < -0.4 is 10.1 Å². The van der Waals surface area contributed by atoms with Crippen LogP contribution in [0.3, 0.4) is 0 Å². The summed E-state index contributed by atoms with van der Waals surface area (Å²) in [4.78, 5) is 16.8. The number of aliphatic hydroxyl groups is 1. The highest BCUT2D eigenvalue weighted by molar-refractivity contribution is 9.10. The van der Waals surface area contributed by atoms with E-state index >= 15 is 0 Å². The summed E-state index contributed by atoms with van der Waals surface area (Å²) in [5.41, 5.74) is 0.929. The molecule has 7 nitrogen and oxygen atoms in total. The zero-order valence-electron chi connectivity index (χ0n) is 23.2. The van der Waals surface area contributed by atoms with Gasteiger partial charge in [0.05, 0.1) is 5.60 Å². The lowest BCUT2D eigenvalue weighted by molar-refractivity contribution is -0.0226. The van der Waals surface area contributed by atoms with Gasteiger partial charge >= 0.3 is 6.09 Å². The van der Waals surface area contributed by atoms with Crippen molar-refractivity contribution in [3.63, 3.8) is 0 Å². The van der Waals surface area contributed by atoms with Crippen LogP contribution in [0.15, 0.2) is 46.9 Å². The van der Waals surface area contributed by atoms with Crippen LogP contribution in [0.1, 0.15) is 57.6 Å². The number of nitrogens with zero attached hydrogens (tertiary/aromatic N) is 2. The van der Waals surface area contributed by atoms with Crippen molar-refractivity contribution >= 4 is 33.6 Å². The summed E-state index contributed by atoms with van der Waals surface area (Å²) in [6, 6.07) is 13.9. The highest BCUT2D eigenvalue weighted by atomic mass is 79.9. The largest absolute Gasteiger partial charge is 0.489 e. The summed E-state index contributed by atoms with van der Waals surface area (Å²) in [6.45, 7) is 10.4. The molecule has 39 heavy (non-hydrogen) atoms. The van der Waals surface area contributed by atoms with E-state index in [2.05, 4.69) is 32.2 Å². The Hall–Kier alpha value is -1.84. The second-order valence-electron chi connectivity index (χ2n) is 11.8. The highest BCUT2D eigenvalue weighted by Gasteiger charge is 2.35. The average molecular weight is 623 g/mol. The standard InChI is InChI=1S/C30H41BrClN3O4/c1-29(2,3)39-28(36)35-14-4-5-26(35)18-33-21-30(37)12-15-34(16-13-30)19-23-17-24(31)8-11-27(23)38-20-22-6-9-25(32)10-7-22/h6-11,17,26,33,37H,4-5,12-16,18-21H2,1-3H3. The van der Waals surface area contributed by atoms with Crippen LogP contribution in [0.2, 0.25) is 5.02 Å². The number of halogens is 2. The molecule has 1 atom stereocenters. The molecule has 2 aromatic rings. The minimum Gasteiger partial charge on any atom is -0.489 e. The quantitative estimate of drug-likeness (QED) is 0.358. The zero-order valence-corrected chi connectivity index (χ0v) is 25.6. The van der Waals surface area contributed by atoms with Crippen molar-refractivity contribution in [2.24, 2.45) is 0 Å². The van der Waals surface area contributed by atoms with Crippen LogP contribution in [0.25, 0.3) is 0 Å². The molecule has 1 amide bonds. The van der Waals surface area contributed by atoms with Crippen molar-refractivity contribution in [1.29, 1.82) is 0 Å². The number of benzene rings is 2. The van der Waals surface area contributed by atoms with Gasteiger partial charge in [-0.1, -0.05) is 39.7 Å². The first kappa shape index (κ1) is 30.1. The minimum absolute atomic E-state index is 0.103. The summed E-state index contributed by atoms with van der Waals surface area (Å²) in [6.07, 6.45) is 3.06. The smallest absolute Gasteiger partial charge is 0.410 e. The van der Waals surface area contributed by atoms with Gasteiger partial charge in [-0.15, -0.1) is 0 Å². The van der Waals surface area contributed by atoms with Gasteiger partial charge in [0.1, 0.15) is 18.0 Å². The maximum Gasteiger partial charge on any atom is 0.410 e. The summed E-state index contributed by atoms with van der Waals surface area (Å²) < 4.78 is 12.8. The molecule has 0 spiro atoms. The van der Waals surface area contributed by atoms with E-state index in [4.69, 9.17) is 21.1 Å². The normalized spacial score (nSPS) is 19.7. The molecule has 2 heterocycles. The fourth-order valence-electron chi connectivity index (χ4n) is 5.18. The number of likely N-dealkylation sites (tertiary alicyclic amines) is 2. The molecule has 0 radical (unpaired) electrons. The highest BCUT2D eigenvalue weighted by Crippen LogP contribution is 2.29. The van der Waals surface area contributed by atoms with E-state index < -0.39 is 11.2 Å². The summed E-state index contributed by atoms with van der Waals surface area (Å²) >= 11 is 9.60. The molecule has 0 bridgehead atoms. The Kier molecular flexibility index (Phi) is 10.2. The second kappa shape index (κ2) is 13.2. The molecule has 0 saturated carbocycles. The molecule has 4 rings (SSSR count). The van der Waals surface area contributed by atoms with Crippen molar-refractivity contribution in [2.45, 2.75) is 76.9 Å². The number of nitrogens with one attached hydrogen (secondary N) is 1. The van der Waals surface area contributed by atoms with Crippen LogP contribution in [-0.2, 0) is 17.9 Å². The molecular formula is C30H41BrClN3O4. The van der Waals surface area contributed by atoms with Crippen LogP contribution in [-0.4, -0.2) is 71.0 Å². The van der Waals surface area contributed by atoms with Gasteiger partial charge in [-0.05, 0) is 82.3 Å². The molecule has 2 fully saturated rings. The van der Waals surface area contributed by atoms with E-state index in [1.165, 1.54) is 0 Å². The van der Waals surface area contributed by atoms with Crippen molar-refractivity contribution in [3.8, 4) is 5.75 Å². The van der Waals surface area contributed by atoms with Gasteiger partial charge in [0, 0.05) is 60.4 Å². The Labute approximate surface area is 245 Å². The minimum atomic E-state index is -0.753. The van der Waals surface area contributed by atoms with Gasteiger partial charge in [-0.25, -0.2) is 4.79 Å². The van der Waals surface area contributed by atoms with E-state index in [1.807, 2.05) is 62.1 Å². The molecule has 1 unspecified atom stereocenters. The molecule has 2 aliphatic heterocycles. The number of amides is 1. The van der Waals surface area contributed by atoms with E-state index in [-0.39, 0.29) is 12.1 Å². The molecule has 214 valence electrons. The van der Waals surface area contributed by atoms with Gasteiger partial charge in [-0.3, -0.25) is 4.90 Å². The second-order valence-corrected chi connectivity index (χ2v) is 13.1. The lowest BCUT2D eigenvalue weighted by Crippen LogP contribution is -2.52. The SMILES string of the molecule is CC(C)(C)OC(=O)N1CCCC1CNCC1(O)CCN(Cc2cc(Br)ccc2OCc2ccc(Cl)cc2)CC1. The number of carbonyl (C=O) groups is 1. The predicted octanol–water partition coefficient (Wildman–Crippen LogP) is 6.00. The first-order chi connectivity index (χ1) is 18.5. The van der Waals surface area contributed by atoms with Crippen LogP contribution >= 0.6 is 27.5 Å². The van der Waals surface area contributed by atoms with Gasteiger partial charge in [0.15, 0.2) is 0 Å². The van der Waals surface area contributed by atoms with Gasteiger partial charge in [-0.2, -0.15) is 0 Å². The van der Waals surface area contributed by atoms with E-state index in [9.17, 15) is 9.90 Å². The summed E-state index contributed by atoms with van der Waals surface area (Å²) in [7, 11) is 0. The van der Waals surface area contributed by atoms with E-state index in [0.717, 1.165) is 60.4 Å². The molecule has 0 aliphatic carbocycles. The number of ether oxygens (including phenoxy) is 2. The number of hydrogen-bond acceptors (Lipinski definition) is 6. The third-order valence-electron chi connectivity index (χ3n) is 7.35. The molecule has 0 aromatic heterocycles. The van der Waals surface area contributed by atoms with Crippen molar-refractivity contribution in [3.05, 3.63) is 63.1 Å². The predicted molar refractivity (Wildman–Crippen MR) is 158 cm³/mol. The first-order valence-electron chi connectivity index (χ1n) is 13.8. The van der Waals surface area contributed by atoms with Gasteiger partial charge in [0.25, 0.3) is 0 Å². The first-order valence-corrected chi connectivity index (χ1v) is 15.0. The van der Waals surface area contributed by atoms with Crippen molar-refractivity contribution in [1.82, 2.24) is 15.1 Å². The maximum absolute atomic E-state index is 12.6. The molecule has 9 heteroatoms. The molecule has 2 aromatic carbocycles. The summed E-state index contributed by atoms with van der Waals surface area (Å²) in [5, 5.41) is 15.4. The lowest BCUT2D eigenvalue weighted by Gasteiger charge is -2.39. The number of piperidine rings is 1. The third kappa shape index (κ3) is 9.08. The van der Waals surface area contributed by atoms with E-state index in [1.54, 1.807) is 0 Å². The maximum atomic E-state index is 12.6. The monoisotopic (exact) mass is 621 g/mol. The Morgan fingerprint density at radius 3 is 2.56 bits per heavy atom. The number of rotatable bonds is 9. The van der Waals surface area contributed by atoms with Crippen LogP contribution in [0.4, 0.5) is 4.79 Å². The van der Waals surface area contributed by atoms with Crippen LogP contribution in [0.5, 0.6) is 5.75 Å². The van der Waals surface area contributed by atoms with Crippen molar-refractivity contribution < 1.29 is 19.4 Å². The van der Waals surface area contributed by atoms with Gasteiger partial charge < -0.3 is 24.8 Å². The Bertz CT molecular complexity index is 1100. The Morgan fingerprint density at radius 2 is 1.87 bits per heavy atom. The zero-order chi connectivity index (χ0) is 28.0. The molecule has 2 N–H and O–H groups in total. The lowest BCUT2D eigenvalue weighted by atomic mass is 9.91. The number of carbonyl (C=O) groups excluding carboxylic acids is 1. The summed E-state index contributed by atoms with van der Waals surface area (Å²) in [5.74, 6) is 0.863. The fourth-order valence-corrected chi connectivity index (χ4v) is 5.71. The Balaban J connectivity index is 1.24. The average Bonchev–Trinajstić information content (AvgIpc) is 3.34. The molecule has 2 aliphatic rings. The van der Waals surface area contributed by atoms with Gasteiger partial charge in [0.2, 0.25) is 0 Å². The van der Waals surface area contributed by atoms with E-state index in [0.29, 0.717) is 37.6 Å². The fraction of sp³-hybridized carbons (Fsp3) is 0.567. The Morgan fingerprint density at radius 1 is 1.15 bits per heavy atom. The number of hydrogen-bond donors (Lipinski definition) is 2. The topological polar surface area (TPSA) is 74.3 Å². The third-order valence-corrected chi connectivity index (χ3v) is 8.10. The molecule has 2 saturated heterocycles. The van der Waals surface area contributed by atoms with Crippen molar-refractivity contribution in [2.75, 3.05) is 32.7 Å².